The van der Waals surface area contributed by atoms with Gasteiger partial charge in [0.25, 0.3) is 0 Å². The number of hydrogen-bond donors (Lipinski definition) is 1. The number of hydrogen-bond acceptors (Lipinski definition) is 3. The number of halogens is 2. The van der Waals surface area contributed by atoms with Gasteiger partial charge in [-0.05, 0) is 24.5 Å². The van der Waals surface area contributed by atoms with Crippen molar-refractivity contribution in [1.82, 2.24) is 14.9 Å². The van der Waals surface area contributed by atoms with E-state index in [-0.39, 0.29) is 0 Å². The van der Waals surface area contributed by atoms with Gasteiger partial charge in [-0.3, -0.25) is 4.57 Å². The molecule has 0 amide bonds. The summed E-state index contributed by atoms with van der Waals surface area (Å²) in [4.78, 5) is 3.89. The lowest BCUT2D eigenvalue weighted by Crippen LogP contribution is -2.18. The van der Waals surface area contributed by atoms with Crippen LogP contribution in [0.5, 0.6) is 0 Å². The van der Waals surface area contributed by atoms with E-state index in [0.717, 1.165) is 29.0 Å². The molecule has 0 saturated heterocycles. The van der Waals surface area contributed by atoms with E-state index in [2.05, 4.69) is 17.2 Å². The molecule has 16 heavy (non-hydrogen) atoms. The highest BCUT2D eigenvalue weighted by Gasteiger charge is 2.10. The largest absolute Gasteiger partial charge is 0.319 e. The highest BCUT2D eigenvalue weighted by molar-refractivity contribution is 7.99. The molecule has 6 heteroatoms. The number of nitrogens with zero attached hydrogens (tertiary/aromatic N) is 2. The fourth-order valence-corrected chi connectivity index (χ4v) is 1.94. The van der Waals surface area contributed by atoms with Crippen molar-refractivity contribution in [3.63, 3.8) is 0 Å². The van der Waals surface area contributed by atoms with Gasteiger partial charge in [-0.2, -0.15) is 20.5 Å². The molecule has 0 aliphatic rings. The molecule has 0 radical (unpaired) electrons. The third kappa shape index (κ3) is 4.49. The minimum atomic E-state index is -2.50. The molecule has 0 saturated carbocycles. The normalized spacial score (nSPS) is 11.2. The van der Waals surface area contributed by atoms with Crippen LogP contribution in [0.3, 0.4) is 0 Å². The van der Waals surface area contributed by atoms with Gasteiger partial charge < -0.3 is 5.32 Å². The maximum Gasteiger partial charge on any atom is 0.319 e. The topological polar surface area (TPSA) is 29.9 Å². The number of aromatic nitrogens is 2. The second-order valence-corrected chi connectivity index (χ2v) is 4.65. The van der Waals surface area contributed by atoms with Crippen LogP contribution in [-0.2, 0) is 6.54 Å². The predicted octanol–water partition coefficient (Wildman–Crippen LogP) is 2.51. The lowest BCUT2D eigenvalue weighted by Gasteiger charge is -2.07. The summed E-state index contributed by atoms with van der Waals surface area (Å²) in [5.41, 5.74) is 0. The first kappa shape index (κ1) is 13.4. The second-order valence-electron chi connectivity index (χ2n) is 3.26. The molecule has 0 aromatic carbocycles. The van der Waals surface area contributed by atoms with Gasteiger partial charge in [0.05, 0.1) is 6.54 Å². The van der Waals surface area contributed by atoms with Gasteiger partial charge in [-0.25, -0.2) is 4.98 Å². The Hall–Kier alpha value is -0.620. The lowest BCUT2D eigenvalue weighted by molar-refractivity contribution is 0.0666. The molecule has 92 valence electrons. The second kappa shape index (κ2) is 7.62. The maximum absolute atomic E-state index is 12.4. The molecule has 0 atom stereocenters. The van der Waals surface area contributed by atoms with Gasteiger partial charge in [0, 0.05) is 12.4 Å². The van der Waals surface area contributed by atoms with Gasteiger partial charge in [-0.1, -0.05) is 6.92 Å². The quantitative estimate of drug-likeness (QED) is 0.718. The van der Waals surface area contributed by atoms with Gasteiger partial charge in [0.2, 0.25) is 0 Å². The zero-order valence-electron chi connectivity index (χ0n) is 9.33. The first-order chi connectivity index (χ1) is 7.75. The van der Waals surface area contributed by atoms with E-state index in [1.54, 1.807) is 0 Å². The van der Waals surface area contributed by atoms with E-state index in [1.807, 2.05) is 11.8 Å². The van der Waals surface area contributed by atoms with Gasteiger partial charge in [-0.15, -0.1) is 0 Å². The van der Waals surface area contributed by atoms with E-state index in [0.29, 0.717) is 12.4 Å². The Morgan fingerprint density at radius 2 is 2.38 bits per heavy atom. The average Bonchev–Trinajstić information content (AvgIpc) is 2.71. The number of alkyl halides is 2. The Kier molecular flexibility index (Phi) is 6.40. The summed E-state index contributed by atoms with van der Waals surface area (Å²) < 4.78 is 25.7. The smallest absolute Gasteiger partial charge is 0.310 e. The molecule has 1 N–H and O–H groups in total. The van der Waals surface area contributed by atoms with Gasteiger partial charge >= 0.3 is 6.55 Å². The molecule has 1 aromatic heterocycles. The SMILES string of the molecule is CCSCCCNCc1nccn1C(F)F. The van der Waals surface area contributed by atoms with Crippen LogP contribution in [0.15, 0.2) is 12.4 Å². The molecular formula is C10H17F2N3S. The van der Waals surface area contributed by atoms with Crippen molar-refractivity contribution < 1.29 is 8.78 Å². The third-order valence-electron chi connectivity index (χ3n) is 2.09. The van der Waals surface area contributed by atoms with Crippen molar-refractivity contribution >= 4 is 11.8 Å². The Morgan fingerprint density at radius 3 is 3.06 bits per heavy atom. The number of nitrogens with one attached hydrogen (secondary N) is 1. The lowest BCUT2D eigenvalue weighted by atomic mass is 10.4. The zero-order chi connectivity index (χ0) is 11.8. The number of rotatable bonds is 8. The minimum absolute atomic E-state index is 0.387. The summed E-state index contributed by atoms with van der Waals surface area (Å²) in [6.45, 7) is 0.851. The molecule has 0 unspecified atom stereocenters. The Morgan fingerprint density at radius 1 is 1.56 bits per heavy atom. The van der Waals surface area contributed by atoms with Crippen molar-refractivity contribution in [2.45, 2.75) is 26.4 Å². The summed E-state index contributed by atoms with van der Waals surface area (Å²) >= 11 is 1.88. The highest BCUT2D eigenvalue weighted by Crippen LogP contribution is 2.11. The van der Waals surface area contributed by atoms with Crippen molar-refractivity contribution in [3.8, 4) is 0 Å². The highest BCUT2D eigenvalue weighted by atomic mass is 32.2. The molecule has 3 nitrogen and oxygen atoms in total. The zero-order valence-corrected chi connectivity index (χ0v) is 10.1. The average molecular weight is 249 g/mol. The van der Waals surface area contributed by atoms with Crippen LogP contribution < -0.4 is 5.32 Å². The molecule has 0 bridgehead atoms. The van der Waals surface area contributed by atoms with Crippen LogP contribution >= 0.6 is 11.8 Å². The van der Waals surface area contributed by atoms with Crippen LogP contribution in [0, 0.1) is 0 Å². The summed E-state index contributed by atoms with van der Waals surface area (Å²) in [5.74, 6) is 2.61. The van der Waals surface area contributed by atoms with E-state index < -0.39 is 6.55 Å². The fraction of sp³-hybridized carbons (Fsp3) is 0.700. The van der Waals surface area contributed by atoms with E-state index in [1.165, 1.54) is 12.4 Å². The molecule has 0 aliphatic heterocycles. The van der Waals surface area contributed by atoms with E-state index in [9.17, 15) is 8.78 Å². The summed E-state index contributed by atoms with van der Waals surface area (Å²) in [7, 11) is 0. The monoisotopic (exact) mass is 249 g/mol. The molecule has 1 rings (SSSR count). The van der Waals surface area contributed by atoms with E-state index in [4.69, 9.17) is 0 Å². The predicted molar refractivity (Wildman–Crippen MR) is 62.8 cm³/mol. The molecule has 1 aromatic rings. The first-order valence-corrected chi connectivity index (χ1v) is 6.49. The molecule has 0 spiro atoms. The summed E-state index contributed by atoms with van der Waals surface area (Å²) in [6, 6.07) is 0. The third-order valence-corrected chi connectivity index (χ3v) is 3.07. The van der Waals surface area contributed by atoms with Crippen LogP contribution in [0.1, 0.15) is 25.7 Å². The van der Waals surface area contributed by atoms with Gasteiger partial charge in [0.1, 0.15) is 5.82 Å². The standard InChI is InChI=1S/C10H17F2N3S/c1-2-16-7-3-4-13-8-9-14-5-6-15(9)10(11)12/h5-6,10,13H,2-4,7-8H2,1H3. The Bertz CT molecular complexity index is 291. The Labute approximate surface area is 98.6 Å². The van der Waals surface area contributed by atoms with Crippen molar-refractivity contribution in [2.24, 2.45) is 0 Å². The van der Waals surface area contributed by atoms with Crippen LogP contribution in [0.2, 0.25) is 0 Å². The fourth-order valence-electron chi connectivity index (χ4n) is 1.30. The number of thioether (sulfide) groups is 1. The molecule has 0 aliphatic carbocycles. The van der Waals surface area contributed by atoms with Crippen molar-refractivity contribution in [1.29, 1.82) is 0 Å². The number of imidazole rings is 1. The van der Waals surface area contributed by atoms with Crippen molar-refractivity contribution in [2.75, 3.05) is 18.1 Å². The van der Waals surface area contributed by atoms with E-state index >= 15 is 0 Å². The molecule has 1 heterocycles. The van der Waals surface area contributed by atoms with Crippen molar-refractivity contribution in [3.05, 3.63) is 18.2 Å². The first-order valence-electron chi connectivity index (χ1n) is 5.34. The van der Waals surface area contributed by atoms with Gasteiger partial charge in [0.15, 0.2) is 0 Å². The minimum Gasteiger partial charge on any atom is -0.310 e. The summed E-state index contributed by atoms with van der Waals surface area (Å²) in [6.07, 6.45) is 3.75. The molecular weight excluding hydrogens is 232 g/mol. The van der Waals surface area contributed by atoms with Crippen LogP contribution in [-0.4, -0.2) is 27.6 Å². The van der Waals surface area contributed by atoms with Crippen LogP contribution in [0.25, 0.3) is 0 Å². The van der Waals surface area contributed by atoms with Crippen LogP contribution in [0.4, 0.5) is 8.78 Å². The maximum atomic E-state index is 12.4. The summed E-state index contributed by atoms with van der Waals surface area (Å²) in [5, 5.41) is 3.11. The molecule has 0 fully saturated rings. The Balaban J connectivity index is 2.19.